The average molecular weight is 514 g/mol. The molecule has 0 fully saturated rings. The molecule has 192 valence electrons. The monoisotopic (exact) mass is 513 g/mol. The molecule has 0 aliphatic heterocycles. The molecule has 6 heteroatoms. The van der Waals surface area contributed by atoms with Gasteiger partial charge < -0.3 is 14.8 Å². The van der Waals surface area contributed by atoms with Crippen molar-refractivity contribution in [2.45, 2.75) is 31.7 Å². The summed E-state index contributed by atoms with van der Waals surface area (Å²) in [4.78, 5) is 12.0. The normalized spacial score (nSPS) is 14.9. The molecule has 0 saturated carbocycles. The number of carboxylic acids is 1. The number of anilines is 2. The highest BCUT2D eigenvalue weighted by atomic mass is 16.4. The van der Waals surface area contributed by atoms with Crippen molar-refractivity contribution in [2.24, 2.45) is 0 Å². The third kappa shape index (κ3) is 4.24. The van der Waals surface area contributed by atoms with Gasteiger partial charge in [-0.2, -0.15) is 5.10 Å². The van der Waals surface area contributed by atoms with Crippen LogP contribution in [0.3, 0.4) is 0 Å². The first kappa shape index (κ1) is 23.3. The van der Waals surface area contributed by atoms with E-state index < -0.39 is 5.97 Å². The number of rotatable bonds is 6. The first-order valence-electron chi connectivity index (χ1n) is 13.3. The fraction of sp³-hybridized carbons (Fsp3) is 0.152. The zero-order valence-corrected chi connectivity index (χ0v) is 21.3. The van der Waals surface area contributed by atoms with Crippen LogP contribution < -0.4 is 5.32 Å². The highest BCUT2D eigenvalue weighted by Gasteiger charge is 2.27. The Hall–Kier alpha value is -4.84. The SMILES string of the molecule is O=C(O)c1cn(Cc2ccccc2)nc1Nc1occc1C1CCc2ccc3c(ccc4ccccc43)c2C1. The van der Waals surface area contributed by atoms with Gasteiger partial charge in [-0.05, 0) is 69.5 Å². The molecule has 2 aromatic heterocycles. The van der Waals surface area contributed by atoms with Crippen molar-refractivity contribution in [1.82, 2.24) is 9.78 Å². The average Bonchev–Trinajstić information content (AvgIpc) is 3.60. The molecule has 7 rings (SSSR count). The van der Waals surface area contributed by atoms with Gasteiger partial charge in [-0.25, -0.2) is 4.79 Å². The smallest absolute Gasteiger partial charge is 0.341 e. The van der Waals surface area contributed by atoms with Crippen molar-refractivity contribution in [3.8, 4) is 0 Å². The Kier molecular flexibility index (Phi) is 5.66. The van der Waals surface area contributed by atoms with Crippen molar-refractivity contribution >= 4 is 39.2 Å². The van der Waals surface area contributed by atoms with E-state index in [1.54, 1.807) is 17.1 Å². The number of carbonyl (C=O) groups is 1. The Balaban J connectivity index is 1.20. The van der Waals surface area contributed by atoms with Crippen LogP contribution in [0.15, 0.2) is 102 Å². The minimum absolute atomic E-state index is 0.111. The zero-order chi connectivity index (χ0) is 26.3. The fourth-order valence-electron chi connectivity index (χ4n) is 5.99. The van der Waals surface area contributed by atoms with E-state index in [4.69, 9.17) is 4.42 Å². The Morgan fingerprint density at radius 1 is 0.949 bits per heavy atom. The predicted molar refractivity (Wildman–Crippen MR) is 153 cm³/mol. The van der Waals surface area contributed by atoms with Crippen LogP contribution >= 0.6 is 0 Å². The Morgan fingerprint density at radius 2 is 1.77 bits per heavy atom. The van der Waals surface area contributed by atoms with Gasteiger partial charge in [0, 0.05) is 11.8 Å². The van der Waals surface area contributed by atoms with E-state index in [2.05, 4.69) is 58.9 Å². The summed E-state index contributed by atoms with van der Waals surface area (Å²) in [5, 5.41) is 22.7. The van der Waals surface area contributed by atoms with Gasteiger partial charge >= 0.3 is 5.97 Å². The van der Waals surface area contributed by atoms with Crippen LogP contribution in [0.2, 0.25) is 0 Å². The van der Waals surface area contributed by atoms with Crippen molar-refractivity contribution in [2.75, 3.05) is 5.32 Å². The summed E-state index contributed by atoms with van der Waals surface area (Å²) in [6, 6.07) is 29.4. The second-order valence-corrected chi connectivity index (χ2v) is 10.2. The number of nitrogens with zero attached hydrogens (tertiary/aromatic N) is 2. The second-order valence-electron chi connectivity index (χ2n) is 10.2. The molecule has 0 radical (unpaired) electrons. The van der Waals surface area contributed by atoms with Gasteiger partial charge in [0.05, 0.1) is 12.8 Å². The van der Waals surface area contributed by atoms with Gasteiger partial charge in [-0.15, -0.1) is 0 Å². The molecule has 0 amide bonds. The summed E-state index contributed by atoms with van der Waals surface area (Å²) < 4.78 is 7.51. The largest absolute Gasteiger partial charge is 0.477 e. The topological polar surface area (TPSA) is 80.3 Å². The molecule has 2 N–H and O–H groups in total. The first-order chi connectivity index (χ1) is 19.1. The third-order valence-corrected chi connectivity index (χ3v) is 7.89. The van der Waals surface area contributed by atoms with Gasteiger partial charge in [0.1, 0.15) is 5.56 Å². The van der Waals surface area contributed by atoms with Crippen LogP contribution in [-0.2, 0) is 19.4 Å². The third-order valence-electron chi connectivity index (χ3n) is 7.89. The van der Waals surface area contributed by atoms with Gasteiger partial charge in [-0.3, -0.25) is 4.68 Å². The van der Waals surface area contributed by atoms with Crippen LogP contribution in [0.1, 0.15) is 45.0 Å². The molecule has 2 heterocycles. The standard InChI is InChI=1S/C33H27N3O3/c37-33(38)30-20-36(19-21-6-2-1-3-7-21)35-31(30)34-32-26(16-17-39-32)24-11-10-23-13-14-27-25-9-5-4-8-22(25)12-15-28(27)29(23)18-24/h1-9,12-17,20,24H,10-11,18-19H2,(H,34,35)(H,37,38). The molecule has 0 bridgehead atoms. The number of furan rings is 1. The first-order valence-corrected chi connectivity index (χ1v) is 13.3. The van der Waals surface area contributed by atoms with Crippen molar-refractivity contribution < 1.29 is 14.3 Å². The second kappa shape index (κ2) is 9.48. The highest BCUT2D eigenvalue weighted by molar-refractivity contribution is 6.08. The van der Waals surface area contributed by atoms with Crippen LogP contribution in [-0.4, -0.2) is 20.9 Å². The van der Waals surface area contributed by atoms with Crippen LogP contribution in [0.5, 0.6) is 0 Å². The number of carboxylic acid groups (broad SMARTS) is 1. The number of nitrogens with one attached hydrogen (secondary N) is 1. The number of aromatic nitrogens is 2. The van der Waals surface area contributed by atoms with Crippen molar-refractivity contribution in [3.63, 3.8) is 0 Å². The summed E-state index contributed by atoms with van der Waals surface area (Å²) in [7, 11) is 0. The number of benzene rings is 4. The lowest BCUT2D eigenvalue weighted by molar-refractivity contribution is 0.0698. The molecule has 1 aliphatic rings. The van der Waals surface area contributed by atoms with E-state index in [0.717, 1.165) is 30.4 Å². The van der Waals surface area contributed by atoms with E-state index in [9.17, 15) is 9.90 Å². The molecule has 1 aliphatic carbocycles. The lowest BCUT2D eigenvalue weighted by atomic mass is 9.78. The van der Waals surface area contributed by atoms with Crippen molar-refractivity contribution in [1.29, 1.82) is 0 Å². The molecule has 6 aromatic rings. The van der Waals surface area contributed by atoms with Gasteiger partial charge in [0.25, 0.3) is 0 Å². The van der Waals surface area contributed by atoms with Crippen molar-refractivity contribution in [3.05, 3.63) is 125 Å². The molecule has 1 atom stereocenters. The number of aryl methyl sites for hydroxylation is 1. The Bertz CT molecular complexity index is 1830. The van der Waals surface area contributed by atoms with Gasteiger partial charge in [-0.1, -0.05) is 78.9 Å². The van der Waals surface area contributed by atoms with E-state index in [1.807, 2.05) is 36.4 Å². The van der Waals surface area contributed by atoms with E-state index >= 15 is 0 Å². The maximum Gasteiger partial charge on any atom is 0.341 e. The minimum atomic E-state index is -1.03. The Labute approximate surface area is 225 Å². The summed E-state index contributed by atoms with van der Waals surface area (Å²) in [5.41, 5.74) is 5.00. The summed E-state index contributed by atoms with van der Waals surface area (Å²) in [6.45, 7) is 0.481. The summed E-state index contributed by atoms with van der Waals surface area (Å²) in [6.07, 6.45) is 6.11. The van der Waals surface area contributed by atoms with Crippen LogP contribution in [0.4, 0.5) is 11.7 Å². The molecular weight excluding hydrogens is 486 g/mol. The lowest BCUT2D eigenvalue weighted by Crippen LogP contribution is -2.14. The fourth-order valence-corrected chi connectivity index (χ4v) is 5.99. The van der Waals surface area contributed by atoms with Crippen LogP contribution in [0, 0.1) is 0 Å². The van der Waals surface area contributed by atoms with E-state index in [-0.39, 0.29) is 17.3 Å². The summed E-state index contributed by atoms with van der Waals surface area (Å²) in [5.74, 6) is 0.0510. The predicted octanol–water partition coefficient (Wildman–Crippen LogP) is 7.55. The summed E-state index contributed by atoms with van der Waals surface area (Å²) >= 11 is 0. The number of aromatic carboxylic acids is 1. The molecular formula is C33H27N3O3. The number of fused-ring (bicyclic) bond motifs is 5. The molecule has 4 aromatic carbocycles. The highest BCUT2D eigenvalue weighted by Crippen LogP contribution is 2.41. The molecule has 1 unspecified atom stereocenters. The van der Waals surface area contributed by atoms with Gasteiger partial charge in [0.15, 0.2) is 5.82 Å². The van der Waals surface area contributed by atoms with Crippen LogP contribution in [0.25, 0.3) is 21.5 Å². The maximum absolute atomic E-state index is 12.0. The van der Waals surface area contributed by atoms with Gasteiger partial charge in [0.2, 0.25) is 5.88 Å². The van der Waals surface area contributed by atoms with E-state index in [0.29, 0.717) is 12.4 Å². The maximum atomic E-state index is 12.0. The number of hydrogen-bond donors (Lipinski definition) is 2. The minimum Gasteiger partial charge on any atom is -0.477 e. The molecule has 6 nitrogen and oxygen atoms in total. The number of hydrogen-bond acceptors (Lipinski definition) is 4. The molecule has 39 heavy (non-hydrogen) atoms. The zero-order valence-electron chi connectivity index (χ0n) is 21.3. The quantitative estimate of drug-likeness (QED) is 0.225. The Morgan fingerprint density at radius 3 is 2.64 bits per heavy atom. The molecule has 0 spiro atoms. The molecule has 0 saturated heterocycles. The van der Waals surface area contributed by atoms with E-state index in [1.165, 1.54) is 32.7 Å². The lowest BCUT2D eigenvalue weighted by Gasteiger charge is -2.26.